The Morgan fingerprint density at radius 1 is 1.37 bits per heavy atom. The number of benzene rings is 1. The van der Waals surface area contributed by atoms with Crippen molar-refractivity contribution in [1.82, 2.24) is 9.80 Å². The van der Waals surface area contributed by atoms with Gasteiger partial charge in [-0.05, 0) is 42.8 Å². The van der Waals surface area contributed by atoms with Crippen LogP contribution in [-0.4, -0.2) is 64.8 Å². The van der Waals surface area contributed by atoms with Crippen molar-refractivity contribution in [3.63, 3.8) is 0 Å². The second kappa shape index (κ2) is 8.28. The molecular formula is C17H20BrClF2N2O4. The molecule has 6 nitrogen and oxygen atoms in total. The van der Waals surface area contributed by atoms with Crippen molar-refractivity contribution in [2.45, 2.75) is 32.4 Å². The summed E-state index contributed by atoms with van der Waals surface area (Å²) >= 11 is 8.53. The number of rotatable bonds is 2. The minimum absolute atomic E-state index is 0.00547. The van der Waals surface area contributed by atoms with E-state index < -0.39 is 52.5 Å². The molecule has 0 radical (unpaired) electrons. The summed E-state index contributed by atoms with van der Waals surface area (Å²) in [5.74, 6) is -2.75. The molecule has 0 saturated carbocycles. The van der Waals surface area contributed by atoms with Crippen molar-refractivity contribution < 1.29 is 28.2 Å². The SMILES string of the molecule is CC(C)(C)OC(=O)N1CCN(C(=O)c2cc(F)c(Br)c(Cl)c2F)C(CO)C1. The predicted octanol–water partition coefficient (Wildman–Crippen LogP) is 3.43. The zero-order valence-corrected chi connectivity index (χ0v) is 17.4. The smallest absolute Gasteiger partial charge is 0.410 e. The first-order chi connectivity index (χ1) is 12.5. The van der Waals surface area contributed by atoms with Gasteiger partial charge in [-0.2, -0.15) is 0 Å². The van der Waals surface area contributed by atoms with Crippen LogP contribution in [0.3, 0.4) is 0 Å². The van der Waals surface area contributed by atoms with Crippen LogP contribution in [-0.2, 0) is 4.74 Å². The lowest BCUT2D eigenvalue weighted by Crippen LogP contribution is -2.58. The molecule has 0 spiro atoms. The number of aliphatic hydroxyl groups excluding tert-OH is 1. The van der Waals surface area contributed by atoms with Gasteiger partial charge in [-0.25, -0.2) is 13.6 Å². The topological polar surface area (TPSA) is 70.1 Å². The molecule has 1 aromatic carbocycles. The molecule has 150 valence electrons. The number of piperazine rings is 1. The fourth-order valence-electron chi connectivity index (χ4n) is 2.65. The Morgan fingerprint density at radius 3 is 2.56 bits per heavy atom. The van der Waals surface area contributed by atoms with E-state index in [9.17, 15) is 23.5 Å². The number of nitrogens with zero attached hydrogens (tertiary/aromatic N) is 2. The molecule has 1 unspecified atom stereocenters. The van der Waals surface area contributed by atoms with Crippen molar-refractivity contribution in [2.24, 2.45) is 0 Å². The Labute approximate surface area is 169 Å². The van der Waals surface area contributed by atoms with Gasteiger partial charge in [0.25, 0.3) is 5.91 Å². The van der Waals surface area contributed by atoms with Gasteiger partial charge in [0.05, 0.1) is 27.7 Å². The quantitative estimate of drug-likeness (QED) is 0.532. The lowest BCUT2D eigenvalue weighted by molar-refractivity contribution is -0.00255. The molecule has 0 aliphatic carbocycles. The molecule has 1 aliphatic rings. The summed E-state index contributed by atoms with van der Waals surface area (Å²) in [4.78, 5) is 27.5. The van der Waals surface area contributed by atoms with Crippen LogP contribution in [0.5, 0.6) is 0 Å². The van der Waals surface area contributed by atoms with Crippen LogP contribution in [0, 0.1) is 11.6 Å². The average Bonchev–Trinajstić information content (AvgIpc) is 2.60. The van der Waals surface area contributed by atoms with Gasteiger partial charge in [0.15, 0.2) is 5.82 Å². The van der Waals surface area contributed by atoms with Crippen LogP contribution in [0.1, 0.15) is 31.1 Å². The van der Waals surface area contributed by atoms with Crippen molar-refractivity contribution in [2.75, 3.05) is 26.2 Å². The number of hydrogen-bond donors (Lipinski definition) is 1. The zero-order chi connectivity index (χ0) is 20.5. The van der Waals surface area contributed by atoms with Crippen molar-refractivity contribution in [3.05, 3.63) is 32.8 Å². The van der Waals surface area contributed by atoms with Gasteiger partial charge >= 0.3 is 6.09 Å². The van der Waals surface area contributed by atoms with Crippen LogP contribution in [0.15, 0.2) is 10.5 Å². The van der Waals surface area contributed by atoms with E-state index in [0.717, 1.165) is 6.07 Å². The minimum atomic E-state index is -1.05. The van der Waals surface area contributed by atoms with Crippen molar-refractivity contribution >= 4 is 39.5 Å². The summed E-state index contributed by atoms with van der Waals surface area (Å²) in [7, 11) is 0. The fraction of sp³-hybridized carbons (Fsp3) is 0.529. The molecule has 1 atom stereocenters. The Bertz CT molecular complexity index is 757. The number of amides is 2. The molecule has 2 rings (SSSR count). The summed E-state index contributed by atoms with van der Waals surface area (Å²) in [6, 6.07) is -0.0360. The van der Waals surface area contributed by atoms with Crippen LogP contribution in [0.4, 0.5) is 13.6 Å². The Morgan fingerprint density at radius 2 is 2.00 bits per heavy atom. The maximum atomic E-state index is 14.3. The number of carbonyl (C=O) groups excluding carboxylic acids is 2. The molecule has 1 N–H and O–H groups in total. The molecule has 2 amide bonds. The molecule has 1 saturated heterocycles. The van der Waals surface area contributed by atoms with E-state index in [1.165, 1.54) is 9.80 Å². The summed E-state index contributed by atoms with van der Waals surface area (Å²) in [6.45, 7) is 4.88. The Kier molecular flexibility index (Phi) is 6.70. The van der Waals surface area contributed by atoms with Gasteiger partial charge in [0.1, 0.15) is 11.4 Å². The monoisotopic (exact) mass is 468 g/mol. The maximum Gasteiger partial charge on any atom is 0.410 e. The Balaban J connectivity index is 2.21. The third-order valence-electron chi connectivity index (χ3n) is 3.94. The molecule has 0 aromatic heterocycles. The predicted molar refractivity (Wildman–Crippen MR) is 98.8 cm³/mol. The summed E-state index contributed by atoms with van der Waals surface area (Å²) in [5, 5.41) is 9.10. The van der Waals surface area contributed by atoms with Crippen molar-refractivity contribution in [3.8, 4) is 0 Å². The number of aliphatic hydroxyl groups is 1. The molecule has 10 heteroatoms. The van der Waals surface area contributed by atoms with E-state index in [0.29, 0.717) is 0 Å². The van der Waals surface area contributed by atoms with Crippen LogP contribution in [0.2, 0.25) is 5.02 Å². The van der Waals surface area contributed by atoms with Crippen LogP contribution in [0.25, 0.3) is 0 Å². The van der Waals surface area contributed by atoms with Gasteiger partial charge in [-0.1, -0.05) is 11.6 Å². The number of halogens is 4. The zero-order valence-electron chi connectivity index (χ0n) is 15.1. The summed E-state index contributed by atoms with van der Waals surface area (Å²) in [6.07, 6.45) is -0.572. The second-order valence-corrected chi connectivity index (χ2v) is 8.28. The van der Waals surface area contributed by atoms with Gasteiger partial charge < -0.3 is 19.6 Å². The molecule has 0 bridgehead atoms. The van der Waals surface area contributed by atoms with E-state index in [1.807, 2.05) is 0 Å². The minimum Gasteiger partial charge on any atom is -0.444 e. The van der Waals surface area contributed by atoms with Gasteiger partial charge in [0.2, 0.25) is 0 Å². The number of hydrogen-bond acceptors (Lipinski definition) is 4. The number of carbonyl (C=O) groups is 2. The number of ether oxygens (including phenoxy) is 1. The first kappa shape index (κ1) is 21.8. The van der Waals surface area contributed by atoms with Crippen molar-refractivity contribution in [1.29, 1.82) is 0 Å². The summed E-state index contributed by atoms with van der Waals surface area (Å²) < 4.78 is 33.2. The van der Waals surface area contributed by atoms with E-state index in [1.54, 1.807) is 20.8 Å². The van der Waals surface area contributed by atoms with Gasteiger partial charge in [0, 0.05) is 19.6 Å². The Hall–Kier alpha value is -1.45. The largest absolute Gasteiger partial charge is 0.444 e. The first-order valence-corrected chi connectivity index (χ1v) is 9.36. The van der Waals surface area contributed by atoms with Gasteiger partial charge in [-0.15, -0.1) is 0 Å². The second-order valence-electron chi connectivity index (χ2n) is 7.11. The van der Waals surface area contributed by atoms with Gasteiger partial charge in [-0.3, -0.25) is 4.79 Å². The normalized spacial score (nSPS) is 17.9. The molecule has 1 fully saturated rings. The van der Waals surface area contributed by atoms with Crippen LogP contribution >= 0.6 is 27.5 Å². The van der Waals surface area contributed by atoms with Crippen LogP contribution < -0.4 is 0 Å². The fourth-order valence-corrected chi connectivity index (χ4v) is 3.14. The average molecular weight is 470 g/mol. The molecule has 1 aliphatic heterocycles. The van der Waals surface area contributed by atoms with E-state index in [4.69, 9.17) is 16.3 Å². The highest BCUT2D eigenvalue weighted by Gasteiger charge is 2.36. The molecular weight excluding hydrogens is 450 g/mol. The highest BCUT2D eigenvalue weighted by Crippen LogP contribution is 2.31. The van der Waals surface area contributed by atoms with E-state index >= 15 is 0 Å². The highest BCUT2D eigenvalue weighted by atomic mass is 79.9. The third-order valence-corrected chi connectivity index (χ3v) is 5.30. The third kappa shape index (κ3) is 4.89. The standard InChI is InChI=1S/C17H20BrClF2N2O4/c1-17(2,3)27-16(26)22-4-5-23(9(7-22)8-24)15(25)10-6-11(20)12(18)13(19)14(10)21/h6,9,24H,4-5,7-8H2,1-3H3. The highest BCUT2D eigenvalue weighted by molar-refractivity contribution is 9.10. The van der Waals surface area contributed by atoms with E-state index in [2.05, 4.69) is 15.9 Å². The molecule has 27 heavy (non-hydrogen) atoms. The summed E-state index contributed by atoms with van der Waals surface area (Å²) in [5.41, 5.74) is -1.22. The first-order valence-electron chi connectivity index (χ1n) is 8.19. The lowest BCUT2D eigenvalue weighted by Gasteiger charge is -2.41. The lowest BCUT2D eigenvalue weighted by atomic mass is 10.1. The molecule has 1 heterocycles. The van der Waals surface area contributed by atoms with E-state index in [-0.39, 0.29) is 24.1 Å². The maximum absolute atomic E-state index is 14.3. The molecule has 1 aromatic rings.